The number of cyclic esters (lactones) is 1. The van der Waals surface area contributed by atoms with Crippen molar-refractivity contribution in [3.63, 3.8) is 0 Å². The molecule has 12 atom stereocenters. The van der Waals surface area contributed by atoms with Gasteiger partial charge >= 0.3 is 24.2 Å². The zero-order valence-corrected chi connectivity index (χ0v) is 52.4. The Labute approximate surface area is 516 Å². The first-order valence-corrected chi connectivity index (χ1v) is 30.6. The number of carbonyl (C=O) groups excluding carboxylic acids is 9. The number of piperazine rings is 1. The normalized spacial score (nSPS) is 25.1. The zero-order chi connectivity index (χ0) is 64.9. The second kappa shape index (κ2) is 34.0. The third kappa shape index (κ3) is 22.4. The summed E-state index contributed by atoms with van der Waals surface area (Å²) in [7, 11) is 1.48. The van der Waals surface area contributed by atoms with E-state index in [4.69, 9.17) is 29.4 Å². The van der Waals surface area contributed by atoms with Gasteiger partial charge in [0.25, 0.3) is 11.8 Å². The van der Waals surface area contributed by atoms with Crippen LogP contribution in [0.15, 0.2) is 72.4 Å². The molecule has 1 aromatic carbocycles. The predicted octanol–water partition coefficient (Wildman–Crippen LogP) is 4.82. The maximum atomic E-state index is 13.9. The maximum absolute atomic E-state index is 13.9. The Morgan fingerprint density at radius 3 is 2.20 bits per heavy atom. The molecule has 88 heavy (non-hydrogen) atoms. The van der Waals surface area contributed by atoms with Crippen LogP contribution in [0.3, 0.4) is 0 Å². The minimum atomic E-state index is -1.23. The minimum absolute atomic E-state index is 0.0613. The number of nitrogens with two attached hydrogens (primary N) is 1. The largest absolute Gasteiger partial charge is 0.457 e. The van der Waals surface area contributed by atoms with E-state index in [-0.39, 0.29) is 126 Å². The Morgan fingerprint density at radius 2 is 1.58 bits per heavy atom. The molecule has 0 radical (unpaired) electrons. The van der Waals surface area contributed by atoms with Gasteiger partial charge in [-0.1, -0.05) is 77.5 Å². The number of esters is 1. The monoisotopic (exact) mass is 1230 g/mol. The van der Waals surface area contributed by atoms with Crippen LogP contribution in [0.1, 0.15) is 132 Å². The molecule has 1 aromatic rings. The SMILES string of the molecule is CC[C@H](O)[C@@H](C)[C@H]1O[C@@H]1C[C@@](C)(O)/C=C/C=C(\C)[C@H]1OC(=O)C[C@H](O)CC[C@@](C)(OC)[C@@H](OC(=O)N2CCN(C(=O)OCc3ccc(NC(=O)[C@H](CCCNC(N)=O)NC(=O)[C@@H](NC(=O)CCCCCN4C(=O)C=CC4=O)C(C)C)cc3)CC2)/C=C\[C@@H]1C. The summed E-state index contributed by atoms with van der Waals surface area (Å²) in [5.74, 6) is -3.75. The third-order valence-corrected chi connectivity index (χ3v) is 16.5. The Balaban J connectivity index is 1.12. The summed E-state index contributed by atoms with van der Waals surface area (Å²) in [6.07, 6.45) is 9.09. The van der Waals surface area contributed by atoms with Crippen LogP contribution < -0.4 is 27.0 Å². The number of hydrogen-bond acceptors (Lipinski definition) is 17. The van der Waals surface area contributed by atoms with Crippen molar-refractivity contribution in [1.29, 1.82) is 0 Å². The number of nitrogens with one attached hydrogen (secondary N) is 4. The van der Waals surface area contributed by atoms with Crippen LogP contribution >= 0.6 is 0 Å². The quantitative estimate of drug-likeness (QED) is 0.0106. The highest BCUT2D eigenvalue weighted by Crippen LogP contribution is 2.38. The number of hydrogen-bond donors (Lipinski definition) is 8. The van der Waals surface area contributed by atoms with E-state index in [0.717, 1.165) is 4.90 Å². The third-order valence-electron chi connectivity index (χ3n) is 16.5. The molecule has 25 nitrogen and oxygen atoms in total. The van der Waals surface area contributed by atoms with E-state index in [1.807, 2.05) is 20.8 Å². The van der Waals surface area contributed by atoms with E-state index in [9.17, 15) is 58.5 Å². The zero-order valence-electron chi connectivity index (χ0n) is 52.4. The molecule has 25 heteroatoms. The molecule has 9 amide bonds. The molecule has 0 aliphatic carbocycles. The topological polar surface area (TPSA) is 348 Å². The molecule has 0 bridgehead atoms. The lowest BCUT2D eigenvalue weighted by Crippen LogP contribution is -2.54. The van der Waals surface area contributed by atoms with Gasteiger partial charge in [0, 0.05) is 88.9 Å². The maximum Gasteiger partial charge on any atom is 0.410 e. The lowest BCUT2D eigenvalue weighted by molar-refractivity contribution is -0.151. The molecule has 0 unspecified atom stereocenters. The standard InChI is InChI=1S/C63H94N8O17/c1-10-47(73)42(6)56-48(86-56)37-62(7,83)28-14-16-40(4)55-41(5)19-24-49(63(8,84-9)29-27-45(72)36-53(77)88-55)87-61(82)70-34-32-69(33-35-70)60(81)85-38-43-20-22-44(23-21-43)66-57(78)46(17-15-30-65-59(64)80)67-58(79)54(39(2)3)68-50(74)18-12-11-13-31-71-51(75)25-26-52(71)76/h14,16,19-26,28,39,41-42,45-49,54-56,72-73,83H,10-13,15,17-18,27,29-38H2,1-9H3,(H,66,78)(H,67,79)(H,68,74)(H3,64,65,80)/b24-19-,28-14+,40-16+/t41-,42+,45+,46-,47-,48+,49-,54-,55+,56+,62-,63+/m0/s1. The van der Waals surface area contributed by atoms with Gasteiger partial charge in [0.1, 0.15) is 30.4 Å². The van der Waals surface area contributed by atoms with Gasteiger partial charge in [-0.15, -0.1) is 0 Å². The molecule has 4 heterocycles. The van der Waals surface area contributed by atoms with Crippen molar-refractivity contribution in [3.05, 3.63) is 77.9 Å². The predicted molar refractivity (Wildman–Crippen MR) is 324 cm³/mol. The Hall–Kier alpha value is -7.19. The second-order valence-corrected chi connectivity index (χ2v) is 24.1. The molecule has 4 aliphatic heterocycles. The molecule has 5 rings (SSSR count). The highest BCUT2D eigenvalue weighted by atomic mass is 16.6. The number of carbonyl (C=O) groups is 9. The molecule has 0 aromatic heterocycles. The number of allylic oxidation sites excluding steroid dienone is 2. The average Bonchev–Trinajstić information content (AvgIpc) is 1.84. The van der Waals surface area contributed by atoms with Crippen LogP contribution in [0.2, 0.25) is 0 Å². The molecule has 0 spiro atoms. The van der Waals surface area contributed by atoms with Crippen LogP contribution in [0.5, 0.6) is 0 Å². The number of primary amides is 1. The minimum Gasteiger partial charge on any atom is -0.457 e. The van der Waals surface area contributed by atoms with Gasteiger partial charge in [-0.2, -0.15) is 0 Å². The summed E-state index contributed by atoms with van der Waals surface area (Å²) in [5.41, 5.74) is 4.49. The van der Waals surface area contributed by atoms with Crippen LogP contribution in [0, 0.1) is 17.8 Å². The number of aliphatic hydroxyl groups is 3. The van der Waals surface area contributed by atoms with Gasteiger partial charge in [-0.3, -0.25) is 33.7 Å². The highest BCUT2D eigenvalue weighted by Gasteiger charge is 2.47. The van der Waals surface area contributed by atoms with Crippen LogP contribution in [-0.4, -0.2) is 190 Å². The van der Waals surface area contributed by atoms with Gasteiger partial charge in [-0.25, -0.2) is 14.4 Å². The Kier molecular flexibility index (Phi) is 27.6. The summed E-state index contributed by atoms with van der Waals surface area (Å²) in [4.78, 5) is 120. The van der Waals surface area contributed by atoms with Gasteiger partial charge in [0.05, 0.1) is 36.4 Å². The Bertz CT molecular complexity index is 2670. The van der Waals surface area contributed by atoms with E-state index < -0.39 is 89.6 Å². The fraction of sp³-hybridized carbons (Fsp3) is 0.635. The number of nitrogens with zero attached hydrogens (tertiary/aromatic N) is 3. The number of imide groups is 1. The smallest absolute Gasteiger partial charge is 0.410 e. The number of aliphatic hydroxyl groups excluding tert-OH is 2. The number of methoxy groups -OCH3 is 1. The average molecular weight is 1240 g/mol. The van der Waals surface area contributed by atoms with Crippen molar-refractivity contribution >= 4 is 59.4 Å². The van der Waals surface area contributed by atoms with Gasteiger partial charge < -0.3 is 75.8 Å². The number of unbranched alkanes of at least 4 members (excludes halogenated alkanes) is 2. The second-order valence-electron chi connectivity index (χ2n) is 24.1. The fourth-order valence-corrected chi connectivity index (χ4v) is 10.6. The number of urea groups is 1. The molecule has 488 valence electrons. The van der Waals surface area contributed by atoms with Crippen molar-refractivity contribution in [3.8, 4) is 0 Å². The van der Waals surface area contributed by atoms with E-state index >= 15 is 0 Å². The number of benzene rings is 1. The molecule has 2 fully saturated rings. The molecule has 0 saturated carbocycles. The summed E-state index contributed by atoms with van der Waals surface area (Å²) >= 11 is 0. The summed E-state index contributed by atoms with van der Waals surface area (Å²) in [5, 5.41) is 43.2. The first kappa shape index (κ1) is 71.6. The first-order chi connectivity index (χ1) is 41.6. The summed E-state index contributed by atoms with van der Waals surface area (Å²) in [6.45, 7) is 15.2. The number of ether oxygens (including phenoxy) is 5. The van der Waals surface area contributed by atoms with Crippen molar-refractivity contribution in [1.82, 2.24) is 30.7 Å². The molecule has 9 N–H and O–H groups in total. The number of rotatable bonds is 28. The molecule has 4 aliphatic rings. The molecular formula is C63H94N8O17. The number of amides is 9. The Morgan fingerprint density at radius 1 is 0.920 bits per heavy atom. The summed E-state index contributed by atoms with van der Waals surface area (Å²) < 4.78 is 29.5. The number of epoxide rings is 1. The highest BCUT2D eigenvalue weighted by molar-refractivity contribution is 6.12. The van der Waals surface area contributed by atoms with E-state index in [1.165, 1.54) is 29.1 Å². The summed E-state index contributed by atoms with van der Waals surface area (Å²) in [6, 6.07) is 3.69. The molecular weight excluding hydrogens is 1140 g/mol. The van der Waals surface area contributed by atoms with Gasteiger partial charge in [-0.05, 0) is 101 Å². The van der Waals surface area contributed by atoms with Gasteiger partial charge in [0.15, 0.2) is 6.10 Å². The lowest BCUT2D eigenvalue weighted by Gasteiger charge is -2.38. The van der Waals surface area contributed by atoms with E-state index in [2.05, 4.69) is 21.3 Å². The van der Waals surface area contributed by atoms with E-state index in [1.54, 1.807) is 89.3 Å². The van der Waals surface area contributed by atoms with Crippen LogP contribution in [-0.2, 0) is 59.1 Å². The van der Waals surface area contributed by atoms with E-state index in [0.29, 0.717) is 48.9 Å². The van der Waals surface area contributed by atoms with Crippen LogP contribution in [0.25, 0.3) is 0 Å². The lowest BCUT2D eigenvalue weighted by atomic mass is 9.88. The van der Waals surface area contributed by atoms with Crippen molar-refractivity contribution < 1.29 is 82.2 Å². The van der Waals surface area contributed by atoms with Gasteiger partial charge in [0.2, 0.25) is 17.7 Å². The first-order valence-electron chi connectivity index (χ1n) is 30.6. The van der Waals surface area contributed by atoms with Crippen LogP contribution in [0.4, 0.5) is 20.1 Å². The molecule has 2 saturated heterocycles. The van der Waals surface area contributed by atoms with Crippen molar-refractivity contribution in [2.24, 2.45) is 23.5 Å². The van der Waals surface area contributed by atoms with Crippen molar-refractivity contribution in [2.75, 3.05) is 51.7 Å². The van der Waals surface area contributed by atoms with Crippen molar-refractivity contribution in [2.45, 2.75) is 193 Å². The number of anilines is 1. The fourth-order valence-electron chi connectivity index (χ4n) is 10.6.